The summed E-state index contributed by atoms with van der Waals surface area (Å²) >= 11 is 12.1. The van der Waals surface area contributed by atoms with Crippen molar-refractivity contribution in [3.05, 3.63) is 64.2 Å². The number of hydrogen-bond donors (Lipinski definition) is 1. The third-order valence-electron chi connectivity index (χ3n) is 3.24. The quantitative estimate of drug-likeness (QED) is 0.791. The lowest BCUT2D eigenvalue weighted by atomic mass is 9.91. The third-order valence-corrected chi connectivity index (χ3v) is 4.11. The number of rotatable bonds is 1. The summed E-state index contributed by atoms with van der Waals surface area (Å²) in [6, 6.07) is 7.82. The van der Waals surface area contributed by atoms with Gasteiger partial charge in [0, 0.05) is 11.3 Å². The summed E-state index contributed by atoms with van der Waals surface area (Å²) in [5, 5.41) is 2.37. The molecule has 2 aromatic rings. The molecule has 2 nitrogen and oxygen atoms in total. The monoisotopic (exact) mass is 313 g/mol. The number of hydrogen-bond acceptors (Lipinski definition) is 1. The van der Waals surface area contributed by atoms with Crippen LogP contribution >= 0.6 is 23.2 Å². The van der Waals surface area contributed by atoms with Gasteiger partial charge in [-0.1, -0.05) is 35.3 Å². The Bertz CT molecular complexity index is 718. The summed E-state index contributed by atoms with van der Waals surface area (Å²) in [6.07, 6.45) is 0. The molecule has 0 fully saturated rings. The highest BCUT2D eigenvalue weighted by Crippen LogP contribution is 2.48. The van der Waals surface area contributed by atoms with Crippen LogP contribution in [0.4, 0.5) is 14.5 Å². The number of benzene rings is 2. The topological polar surface area (TPSA) is 29.1 Å². The van der Waals surface area contributed by atoms with Crippen LogP contribution in [-0.4, -0.2) is 5.91 Å². The first-order valence-electron chi connectivity index (χ1n) is 5.69. The van der Waals surface area contributed by atoms with Crippen LogP contribution in [0.5, 0.6) is 0 Å². The molecule has 3 rings (SSSR count). The third kappa shape index (κ3) is 1.72. The maximum Gasteiger partial charge on any atom is 0.254 e. The fourth-order valence-corrected chi connectivity index (χ4v) is 2.78. The van der Waals surface area contributed by atoms with Crippen molar-refractivity contribution in [3.63, 3.8) is 0 Å². The molecule has 102 valence electrons. The van der Waals surface area contributed by atoms with Gasteiger partial charge in [-0.15, -0.1) is 0 Å². The van der Waals surface area contributed by atoms with E-state index in [1.807, 2.05) is 0 Å². The van der Waals surface area contributed by atoms with Crippen molar-refractivity contribution in [2.24, 2.45) is 0 Å². The fraction of sp³-hybridized carbons (Fsp3) is 0.0714. The van der Waals surface area contributed by atoms with Gasteiger partial charge in [-0.3, -0.25) is 4.79 Å². The Morgan fingerprint density at radius 1 is 1.05 bits per heavy atom. The summed E-state index contributed by atoms with van der Waals surface area (Å²) in [7, 11) is 0. The van der Waals surface area contributed by atoms with Crippen LogP contribution in [0, 0.1) is 11.6 Å². The molecule has 0 radical (unpaired) electrons. The van der Waals surface area contributed by atoms with E-state index in [-0.39, 0.29) is 21.8 Å². The molecule has 1 unspecified atom stereocenters. The van der Waals surface area contributed by atoms with Gasteiger partial charge in [-0.25, -0.2) is 8.78 Å². The number of halogens is 4. The van der Waals surface area contributed by atoms with Crippen LogP contribution in [-0.2, 0) is 9.67 Å². The minimum absolute atomic E-state index is 0.0386. The highest BCUT2D eigenvalue weighted by Gasteiger charge is 2.49. The van der Waals surface area contributed by atoms with E-state index in [4.69, 9.17) is 23.2 Å². The first-order valence-corrected chi connectivity index (χ1v) is 6.45. The van der Waals surface area contributed by atoms with Crippen LogP contribution in [0.3, 0.4) is 0 Å². The number of nitrogens with one attached hydrogen (secondary N) is 1. The number of carbonyl (C=O) groups excluding carboxylic acids is 1. The smallest absolute Gasteiger partial charge is 0.254 e. The van der Waals surface area contributed by atoms with Gasteiger partial charge >= 0.3 is 0 Å². The molecule has 0 saturated heterocycles. The minimum Gasteiger partial charge on any atom is -0.323 e. The molecule has 0 spiro atoms. The van der Waals surface area contributed by atoms with Gasteiger partial charge in [-0.05, 0) is 29.8 Å². The molecule has 1 heterocycles. The van der Waals surface area contributed by atoms with Crippen molar-refractivity contribution in [3.8, 4) is 0 Å². The van der Waals surface area contributed by atoms with Gasteiger partial charge in [0.05, 0.1) is 5.02 Å². The highest BCUT2D eigenvalue weighted by molar-refractivity contribution is 6.41. The molecule has 1 aliphatic heterocycles. The van der Waals surface area contributed by atoms with E-state index in [0.717, 1.165) is 12.1 Å². The van der Waals surface area contributed by atoms with Gasteiger partial charge in [-0.2, -0.15) is 0 Å². The Hall–Kier alpha value is -1.65. The van der Waals surface area contributed by atoms with Crippen LogP contribution in [0.15, 0.2) is 36.4 Å². The lowest BCUT2D eigenvalue weighted by Crippen LogP contribution is -2.30. The molecule has 1 amide bonds. The van der Waals surface area contributed by atoms with E-state index >= 15 is 0 Å². The standard InChI is InChI=1S/C14H7Cl2F2NO/c15-9-5-6-10-11(12(9)18)14(16,13(20)19-10)7-1-3-8(17)4-2-7/h1-6H,(H,19,20). The van der Waals surface area contributed by atoms with E-state index in [2.05, 4.69) is 5.32 Å². The molecule has 1 N–H and O–H groups in total. The maximum atomic E-state index is 14.3. The average molecular weight is 314 g/mol. The Balaban J connectivity index is 2.27. The summed E-state index contributed by atoms with van der Waals surface area (Å²) in [5.74, 6) is -1.83. The molecule has 0 aliphatic carbocycles. The zero-order valence-electron chi connectivity index (χ0n) is 9.88. The number of fused-ring (bicyclic) bond motifs is 1. The number of carbonyl (C=O) groups is 1. The second kappa shape index (κ2) is 4.43. The lowest BCUT2D eigenvalue weighted by Gasteiger charge is -2.20. The van der Waals surface area contributed by atoms with Crippen molar-refractivity contribution in [2.45, 2.75) is 4.87 Å². The molecule has 2 aromatic carbocycles. The molecular formula is C14H7Cl2F2NO. The fourth-order valence-electron chi connectivity index (χ4n) is 2.27. The van der Waals surface area contributed by atoms with Crippen LogP contribution in [0.2, 0.25) is 5.02 Å². The summed E-state index contributed by atoms with van der Waals surface area (Å²) in [4.78, 5) is 10.4. The molecule has 0 aromatic heterocycles. The zero-order valence-corrected chi connectivity index (χ0v) is 11.4. The minimum atomic E-state index is -1.75. The first-order chi connectivity index (χ1) is 9.44. The van der Waals surface area contributed by atoms with Gasteiger partial charge < -0.3 is 5.32 Å². The van der Waals surface area contributed by atoms with Crippen molar-refractivity contribution in [1.29, 1.82) is 0 Å². The number of amides is 1. The SMILES string of the molecule is O=C1Nc2ccc(Cl)c(F)c2C1(Cl)c1ccc(F)cc1. The molecular weight excluding hydrogens is 307 g/mol. The average Bonchev–Trinajstić information content (AvgIpc) is 2.68. The van der Waals surface area contributed by atoms with E-state index in [9.17, 15) is 13.6 Å². The summed E-state index contributed by atoms with van der Waals surface area (Å²) in [5.41, 5.74) is 0.498. The molecule has 1 atom stereocenters. The zero-order chi connectivity index (χ0) is 14.5. The van der Waals surface area contributed by atoms with Crippen molar-refractivity contribution < 1.29 is 13.6 Å². The van der Waals surface area contributed by atoms with E-state index < -0.39 is 22.4 Å². The number of anilines is 1. The van der Waals surface area contributed by atoms with E-state index in [1.54, 1.807) is 0 Å². The predicted octanol–water partition coefficient (Wildman–Crippen LogP) is 4.05. The van der Waals surface area contributed by atoms with E-state index in [0.29, 0.717) is 0 Å². The Labute approximate surface area is 123 Å². The van der Waals surface area contributed by atoms with Crippen molar-refractivity contribution in [2.75, 3.05) is 5.32 Å². The predicted molar refractivity (Wildman–Crippen MR) is 73.1 cm³/mol. The van der Waals surface area contributed by atoms with Crippen LogP contribution in [0.25, 0.3) is 0 Å². The normalized spacial score (nSPS) is 20.7. The van der Waals surface area contributed by atoms with Crippen molar-refractivity contribution in [1.82, 2.24) is 0 Å². The molecule has 0 saturated carbocycles. The molecule has 0 bridgehead atoms. The second-order valence-electron chi connectivity index (χ2n) is 4.40. The molecule has 6 heteroatoms. The lowest BCUT2D eigenvalue weighted by molar-refractivity contribution is -0.117. The molecule has 1 aliphatic rings. The van der Waals surface area contributed by atoms with Gasteiger partial charge in [0.2, 0.25) is 0 Å². The molecule has 20 heavy (non-hydrogen) atoms. The van der Waals surface area contributed by atoms with E-state index in [1.165, 1.54) is 24.3 Å². The Morgan fingerprint density at radius 2 is 1.70 bits per heavy atom. The van der Waals surface area contributed by atoms with Gasteiger partial charge in [0.15, 0.2) is 4.87 Å². The Kier molecular flexibility index (Phi) is 2.96. The second-order valence-corrected chi connectivity index (χ2v) is 5.38. The van der Waals surface area contributed by atoms with Crippen LogP contribution < -0.4 is 5.32 Å². The number of alkyl halides is 1. The Morgan fingerprint density at radius 3 is 2.35 bits per heavy atom. The largest absolute Gasteiger partial charge is 0.323 e. The highest BCUT2D eigenvalue weighted by atomic mass is 35.5. The maximum absolute atomic E-state index is 14.3. The van der Waals surface area contributed by atoms with Gasteiger partial charge in [0.25, 0.3) is 5.91 Å². The summed E-state index contributed by atoms with van der Waals surface area (Å²) in [6.45, 7) is 0. The van der Waals surface area contributed by atoms with Crippen LogP contribution in [0.1, 0.15) is 11.1 Å². The van der Waals surface area contributed by atoms with Gasteiger partial charge in [0.1, 0.15) is 11.6 Å². The van der Waals surface area contributed by atoms with Crippen molar-refractivity contribution >= 4 is 34.8 Å². The first kappa shape index (κ1) is 13.3. The summed E-state index contributed by atoms with van der Waals surface area (Å²) < 4.78 is 27.2.